The summed E-state index contributed by atoms with van der Waals surface area (Å²) in [5.74, 6) is 1.60. The van der Waals surface area contributed by atoms with E-state index >= 15 is 0 Å². The molecule has 0 heterocycles. The topological polar surface area (TPSA) is 50.7 Å². The molecule has 0 radical (unpaired) electrons. The normalized spacial score (nSPS) is 10.8. The summed E-state index contributed by atoms with van der Waals surface area (Å²) in [5, 5.41) is 12.2. The average molecular weight is 281 g/mol. The SMILES string of the molecule is COc1cccc(CNC(C)C)c1OCCCCCO. The van der Waals surface area contributed by atoms with Gasteiger partial charge in [-0.25, -0.2) is 0 Å². The number of rotatable bonds is 10. The van der Waals surface area contributed by atoms with E-state index in [0.717, 1.165) is 42.9 Å². The van der Waals surface area contributed by atoms with Crippen LogP contribution in [0.2, 0.25) is 0 Å². The number of nitrogens with one attached hydrogen (secondary N) is 1. The maximum Gasteiger partial charge on any atom is 0.165 e. The lowest BCUT2D eigenvalue weighted by Gasteiger charge is -2.16. The van der Waals surface area contributed by atoms with Crippen molar-refractivity contribution in [3.8, 4) is 11.5 Å². The van der Waals surface area contributed by atoms with Crippen LogP contribution in [0.15, 0.2) is 18.2 Å². The minimum absolute atomic E-state index is 0.248. The zero-order valence-corrected chi connectivity index (χ0v) is 12.8. The predicted octanol–water partition coefficient (Wildman–Crippen LogP) is 2.73. The number of hydrogen-bond acceptors (Lipinski definition) is 4. The Hall–Kier alpha value is -1.26. The van der Waals surface area contributed by atoms with E-state index in [1.165, 1.54) is 0 Å². The van der Waals surface area contributed by atoms with Crippen molar-refractivity contribution in [2.75, 3.05) is 20.3 Å². The fraction of sp³-hybridized carbons (Fsp3) is 0.625. The van der Waals surface area contributed by atoms with E-state index in [9.17, 15) is 0 Å². The van der Waals surface area contributed by atoms with Crippen LogP contribution in [0.5, 0.6) is 11.5 Å². The highest BCUT2D eigenvalue weighted by Gasteiger charge is 2.10. The van der Waals surface area contributed by atoms with Gasteiger partial charge < -0.3 is 19.9 Å². The standard InChI is InChI=1S/C16H27NO3/c1-13(2)17-12-14-8-7-9-15(19-3)16(14)20-11-6-4-5-10-18/h7-9,13,17-18H,4-6,10-12H2,1-3H3. The van der Waals surface area contributed by atoms with Crippen molar-refractivity contribution >= 4 is 0 Å². The fourth-order valence-corrected chi connectivity index (χ4v) is 1.90. The Morgan fingerprint density at radius 3 is 2.65 bits per heavy atom. The molecule has 1 rings (SSSR count). The lowest BCUT2D eigenvalue weighted by molar-refractivity contribution is 0.258. The maximum atomic E-state index is 8.76. The highest BCUT2D eigenvalue weighted by molar-refractivity contribution is 5.46. The van der Waals surface area contributed by atoms with Crippen molar-refractivity contribution in [2.24, 2.45) is 0 Å². The van der Waals surface area contributed by atoms with Gasteiger partial charge in [-0.1, -0.05) is 26.0 Å². The number of hydrogen-bond donors (Lipinski definition) is 2. The third-order valence-electron chi connectivity index (χ3n) is 3.03. The zero-order chi connectivity index (χ0) is 14.8. The molecule has 114 valence electrons. The molecule has 0 bridgehead atoms. The minimum Gasteiger partial charge on any atom is -0.493 e. The van der Waals surface area contributed by atoms with Gasteiger partial charge in [0.1, 0.15) is 0 Å². The molecule has 0 fully saturated rings. The third-order valence-corrected chi connectivity index (χ3v) is 3.03. The summed E-state index contributed by atoms with van der Waals surface area (Å²) in [4.78, 5) is 0. The first-order valence-electron chi connectivity index (χ1n) is 7.32. The number of unbranched alkanes of at least 4 members (excludes halogenated alkanes) is 2. The van der Waals surface area contributed by atoms with Crippen molar-refractivity contribution in [3.63, 3.8) is 0 Å². The van der Waals surface area contributed by atoms with Gasteiger partial charge in [-0.05, 0) is 25.3 Å². The van der Waals surface area contributed by atoms with E-state index < -0.39 is 0 Å². The summed E-state index contributed by atoms with van der Waals surface area (Å²) in [5.41, 5.74) is 1.11. The Kier molecular flexibility index (Phi) is 8.07. The maximum absolute atomic E-state index is 8.76. The van der Waals surface area contributed by atoms with Crippen LogP contribution in [0.3, 0.4) is 0 Å². The van der Waals surface area contributed by atoms with Gasteiger partial charge in [-0.2, -0.15) is 0 Å². The van der Waals surface area contributed by atoms with Crippen molar-refractivity contribution in [2.45, 2.75) is 45.7 Å². The summed E-state index contributed by atoms with van der Waals surface area (Å²) >= 11 is 0. The monoisotopic (exact) mass is 281 g/mol. The van der Waals surface area contributed by atoms with Gasteiger partial charge >= 0.3 is 0 Å². The summed E-state index contributed by atoms with van der Waals surface area (Å²) < 4.78 is 11.3. The van der Waals surface area contributed by atoms with Gasteiger partial charge in [-0.15, -0.1) is 0 Å². The lowest BCUT2D eigenvalue weighted by Crippen LogP contribution is -2.22. The molecular weight excluding hydrogens is 254 g/mol. The lowest BCUT2D eigenvalue weighted by atomic mass is 10.1. The van der Waals surface area contributed by atoms with Crippen molar-refractivity contribution in [1.82, 2.24) is 5.32 Å². The average Bonchev–Trinajstić information content (AvgIpc) is 2.45. The van der Waals surface area contributed by atoms with Gasteiger partial charge in [0.25, 0.3) is 0 Å². The van der Waals surface area contributed by atoms with Crippen LogP contribution in [0, 0.1) is 0 Å². The first-order valence-corrected chi connectivity index (χ1v) is 7.32. The molecule has 0 aliphatic rings. The van der Waals surface area contributed by atoms with Crippen LogP contribution in [-0.2, 0) is 6.54 Å². The van der Waals surface area contributed by atoms with Crippen LogP contribution >= 0.6 is 0 Å². The van der Waals surface area contributed by atoms with Crippen molar-refractivity contribution in [1.29, 1.82) is 0 Å². The first-order chi connectivity index (χ1) is 9.69. The molecule has 0 aromatic heterocycles. The molecule has 2 N–H and O–H groups in total. The van der Waals surface area contributed by atoms with E-state index in [1.807, 2.05) is 12.1 Å². The zero-order valence-electron chi connectivity index (χ0n) is 12.8. The molecule has 1 aromatic rings. The molecule has 0 saturated carbocycles. The van der Waals surface area contributed by atoms with Gasteiger partial charge in [0, 0.05) is 24.8 Å². The summed E-state index contributed by atoms with van der Waals surface area (Å²) in [7, 11) is 1.66. The van der Waals surface area contributed by atoms with Crippen LogP contribution in [0.4, 0.5) is 0 Å². The molecule has 4 heteroatoms. The number of benzene rings is 1. The molecule has 0 aliphatic carbocycles. The molecular formula is C16H27NO3. The molecule has 20 heavy (non-hydrogen) atoms. The first kappa shape index (κ1) is 16.8. The summed E-state index contributed by atoms with van der Waals surface area (Å²) in [6.45, 7) is 5.90. The van der Waals surface area contributed by atoms with Crippen molar-refractivity contribution < 1.29 is 14.6 Å². The van der Waals surface area contributed by atoms with Crippen LogP contribution in [-0.4, -0.2) is 31.5 Å². The molecule has 0 aliphatic heterocycles. The number of methoxy groups -OCH3 is 1. The van der Waals surface area contributed by atoms with Crippen LogP contribution in [0.25, 0.3) is 0 Å². The molecule has 0 saturated heterocycles. The second kappa shape index (κ2) is 9.61. The van der Waals surface area contributed by atoms with Gasteiger partial charge in [0.05, 0.1) is 13.7 Å². The summed E-state index contributed by atoms with van der Waals surface area (Å²) in [6, 6.07) is 6.39. The molecule has 4 nitrogen and oxygen atoms in total. The van der Waals surface area contributed by atoms with Crippen LogP contribution in [0.1, 0.15) is 38.7 Å². The Morgan fingerprint density at radius 2 is 2.00 bits per heavy atom. The molecule has 0 amide bonds. The molecule has 0 atom stereocenters. The fourth-order valence-electron chi connectivity index (χ4n) is 1.90. The van der Waals surface area contributed by atoms with E-state index in [0.29, 0.717) is 12.6 Å². The van der Waals surface area contributed by atoms with E-state index in [4.69, 9.17) is 14.6 Å². The second-order valence-electron chi connectivity index (χ2n) is 5.12. The Balaban J connectivity index is 2.63. The quantitative estimate of drug-likeness (QED) is 0.648. The van der Waals surface area contributed by atoms with Crippen molar-refractivity contribution in [3.05, 3.63) is 23.8 Å². The minimum atomic E-state index is 0.248. The number of para-hydroxylation sites is 1. The Bertz CT molecular complexity index is 380. The largest absolute Gasteiger partial charge is 0.493 e. The van der Waals surface area contributed by atoms with Gasteiger partial charge in [0.2, 0.25) is 0 Å². The highest BCUT2D eigenvalue weighted by Crippen LogP contribution is 2.31. The molecule has 0 unspecified atom stereocenters. The van der Waals surface area contributed by atoms with E-state index in [-0.39, 0.29) is 6.61 Å². The summed E-state index contributed by atoms with van der Waals surface area (Å²) in [6.07, 6.45) is 2.75. The second-order valence-corrected chi connectivity index (χ2v) is 5.12. The number of ether oxygens (including phenoxy) is 2. The molecule has 1 aromatic carbocycles. The number of aliphatic hydroxyl groups excluding tert-OH is 1. The smallest absolute Gasteiger partial charge is 0.165 e. The van der Waals surface area contributed by atoms with E-state index in [2.05, 4.69) is 25.2 Å². The third kappa shape index (κ3) is 5.80. The Labute approximate surface area is 122 Å². The molecule has 0 spiro atoms. The number of aliphatic hydroxyl groups is 1. The van der Waals surface area contributed by atoms with Crippen LogP contribution < -0.4 is 14.8 Å². The van der Waals surface area contributed by atoms with Gasteiger partial charge in [0.15, 0.2) is 11.5 Å². The predicted molar refractivity (Wildman–Crippen MR) is 81.4 cm³/mol. The van der Waals surface area contributed by atoms with Gasteiger partial charge in [-0.3, -0.25) is 0 Å². The van der Waals surface area contributed by atoms with E-state index in [1.54, 1.807) is 7.11 Å². The highest BCUT2D eigenvalue weighted by atomic mass is 16.5. The Morgan fingerprint density at radius 1 is 1.20 bits per heavy atom.